The van der Waals surface area contributed by atoms with Gasteiger partial charge in [0.1, 0.15) is 5.82 Å². The molecular formula is C26H19N7O2. The number of hydrogen-bond donors (Lipinski definition) is 4. The van der Waals surface area contributed by atoms with Crippen LogP contribution >= 0.6 is 0 Å². The van der Waals surface area contributed by atoms with E-state index >= 15 is 0 Å². The number of nitrogens with one attached hydrogen (secondary N) is 2. The lowest BCUT2D eigenvalue weighted by Crippen LogP contribution is -2.11. The van der Waals surface area contributed by atoms with Crippen molar-refractivity contribution in [2.75, 3.05) is 11.1 Å². The molecule has 5 rings (SSSR count). The van der Waals surface area contributed by atoms with E-state index in [9.17, 15) is 9.59 Å². The van der Waals surface area contributed by atoms with Crippen LogP contribution in [-0.2, 0) is 11.3 Å². The number of anilines is 2. The van der Waals surface area contributed by atoms with E-state index < -0.39 is 5.91 Å². The second-order valence-electron chi connectivity index (χ2n) is 7.78. The number of benzene rings is 2. The van der Waals surface area contributed by atoms with Crippen LogP contribution in [0.25, 0.3) is 32.8 Å². The third kappa shape index (κ3) is 4.36. The van der Waals surface area contributed by atoms with Crippen LogP contribution in [0.5, 0.6) is 0 Å². The standard InChI is InChI=1S/C26H19N7O2/c27-18-4-1-3-15(11-18)16-6-8-20-21(12-16)23-24(17(7-9-22(28)34)13-30-26(23)35)32-25(20)29-14-19-5-2-10-31-33-19/h1-6,8,10-13H,14,27H2,(H2,28,34)(H,29,32)(H,30,35). The van der Waals surface area contributed by atoms with Crippen LogP contribution in [0.1, 0.15) is 11.3 Å². The first-order valence-electron chi connectivity index (χ1n) is 10.7. The maximum atomic E-state index is 13.0. The van der Waals surface area contributed by atoms with Gasteiger partial charge in [-0.3, -0.25) is 9.59 Å². The van der Waals surface area contributed by atoms with Crippen LogP contribution in [0, 0.1) is 11.8 Å². The van der Waals surface area contributed by atoms with Gasteiger partial charge in [0, 0.05) is 34.8 Å². The van der Waals surface area contributed by atoms with Crippen LogP contribution in [0.2, 0.25) is 0 Å². The van der Waals surface area contributed by atoms with Crippen LogP contribution < -0.4 is 22.3 Å². The number of carbonyl (C=O) groups excluding carboxylic acids is 1. The van der Waals surface area contributed by atoms with E-state index in [1.807, 2.05) is 48.5 Å². The predicted molar refractivity (Wildman–Crippen MR) is 135 cm³/mol. The second kappa shape index (κ2) is 8.96. The number of nitrogen functional groups attached to an aromatic ring is 1. The molecule has 3 aromatic heterocycles. The average molecular weight is 461 g/mol. The summed E-state index contributed by atoms with van der Waals surface area (Å²) in [6.45, 7) is 0.365. The predicted octanol–water partition coefficient (Wildman–Crippen LogP) is 2.56. The van der Waals surface area contributed by atoms with Gasteiger partial charge in [-0.05, 0) is 41.5 Å². The second-order valence-corrected chi connectivity index (χ2v) is 7.78. The zero-order valence-corrected chi connectivity index (χ0v) is 18.4. The van der Waals surface area contributed by atoms with Gasteiger partial charge in [-0.15, -0.1) is 0 Å². The minimum atomic E-state index is -0.782. The Morgan fingerprint density at radius 2 is 1.91 bits per heavy atom. The molecule has 0 spiro atoms. The molecule has 0 aliphatic carbocycles. The van der Waals surface area contributed by atoms with E-state index in [0.29, 0.717) is 39.9 Å². The zero-order valence-electron chi connectivity index (χ0n) is 18.4. The highest BCUT2D eigenvalue weighted by molar-refractivity contribution is 6.12. The van der Waals surface area contributed by atoms with Crippen molar-refractivity contribution in [1.29, 1.82) is 0 Å². The SMILES string of the molecule is NC(=O)C#Cc1c[nH]c(=O)c2c1nc(NCc1cccnn1)c1ccc(-c3cccc(N)c3)cc12. The van der Waals surface area contributed by atoms with E-state index in [1.165, 1.54) is 6.20 Å². The number of fused-ring (bicyclic) bond motifs is 3. The van der Waals surface area contributed by atoms with Gasteiger partial charge in [-0.25, -0.2) is 4.98 Å². The summed E-state index contributed by atoms with van der Waals surface area (Å²) in [5.74, 6) is 4.78. The minimum Gasteiger partial charge on any atom is -0.399 e. The van der Waals surface area contributed by atoms with E-state index in [-0.39, 0.29) is 5.56 Å². The summed E-state index contributed by atoms with van der Waals surface area (Å²) in [4.78, 5) is 31.7. The molecule has 0 saturated carbocycles. The van der Waals surface area contributed by atoms with Gasteiger partial charge in [0.25, 0.3) is 11.5 Å². The number of H-pyrrole nitrogens is 1. The van der Waals surface area contributed by atoms with Crippen molar-refractivity contribution in [2.24, 2.45) is 5.73 Å². The molecule has 9 nitrogen and oxygen atoms in total. The molecule has 1 amide bonds. The van der Waals surface area contributed by atoms with Gasteiger partial charge in [0.05, 0.1) is 28.7 Å². The third-order valence-corrected chi connectivity index (χ3v) is 5.44. The van der Waals surface area contributed by atoms with Gasteiger partial charge in [-0.2, -0.15) is 10.2 Å². The molecular weight excluding hydrogens is 442 g/mol. The normalized spacial score (nSPS) is 10.6. The highest BCUT2D eigenvalue weighted by atomic mass is 16.1. The summed E-state index contributed by atoms with van der Waals surface area (Å²) in [5, 5.41) is 13.0. The summed E-state index contributed by atoms with van der Waals surface area (Å²) in [6, 6.07) is 16.9. The van der Waals surface area contributed by atoms with E-state index in [1.54, 1.807) is 12.3 Å². The molecule has 0 atom stereocenters. The Hall–Kier alpha value is -5.23. The molecule has 0 aliphatic rings. The molecule has 0 radical (unpaired) electrons. The third-order valence-electron chi connectivity index (χ3n) is 5.44. The van der Waals surface area contributed by atoms with Crippen molar-refractivity contribution in [3.05, 3.63) is 88.6 Å². The Balaban J connectivity index is 1.77. The molecule has 170 valence electrons. The van der Waals surface area contributed by atoms with E-state index in [0.717, 1.165) is 22.2 Å². The molecule has 0 bridgehead atoms. The lowest BCUT2D eigenvalue weighted by Gasteiger charge is -2.13. The van der Waals surface area contributed by atoms with Gasteiger partial charge in [0.2, 0.25) is 0 Å². The van der Waals surface area contributed by atoms with Crippen LogP contribution in [0.3, 0.4) is 0 Å². The molecule has 9 heteroatoms. The fourth-order valence-electron chi connectivity index (χ4n) is 3.87. The molecule has 6 N–H and O–H groups in total. The monoisotopic (exact) mass is 461 g/mol. The molecule has 35 heavy (non-hydrogen) atoms. The summed E-state index contributed by atoms with van der Waals surface area (Å²) < 4.78 is 0. The zero-order chi connectivity index (χ0) is 24.4. The summed E-state index contributed by atoms with van der Waals surface area (Å²) in [6.07, 6.45) is 3.02. The minimum absolute atomic E-state index is 0.327. The first-order valence-corrected chi connectivity index (χ1v) is 10.7. The van der Waals surface area contributed by atoms with Gasteiger partial charge in [0.15, 0.2) is 0 Å². The Labute approximate surface area is 199 Å². The maximum absolute atomic E-state index is 13.0. The summed E-state index contributed by atoms with van der Waals surface area (Å²) >= 11 is 0. The lowest BCUT2D eigenvalue weighted by molar-refractivity contribution is -0.112. The van der Waals surface area contributed by atoms with Crippen molar-refractivity contribution in [3.8, 4) is 23.0 Å². The van der Waals surface area contributed by atoms with Crippen LogP contribution in [-0.4, -0.2) is 26.1 Å². The van der Waals surface area contributed by atoms with Gasteiger partial charge < -0.3 is 21.8 Å². The average Bonchev–Trinajstić information content (AvgIpc) is 2.87. The number of amides is 1. The number of rotatable bonds is 4. The first kappa shape index (κ1) is 21.6. The number of aromatic amines is 1. The summed E-state index contributed by atoms with van der Waals surface area (Å²) in [7, 11) is 0. The Bertz CT molecular complexity index is 1720. The highest BCUT2D eigenvalue weighted by Gasteiger charge is 2.15. The number of hydrogen-bond acceptors (Lipinski definition) is 7. The van der Waals surface area contributed by atoms with Crippen molar-refractivity contribution in [2.45, 2.75) is 6.54 Å². The lowest BCUT2D eigenvalue weighted by atomic mass is 9.98. The van der Waals surface area contributed by atoms with Gasteiger partial charge in [-0.1, -0.05) is 30.2 Å². The first-order chi connectivity index (χ1) is 17.0. The van der Waals surface area contributed by atoms with Gasteiger partial charge >= 0.3 is 0 Å². The maximum Gasteiger partial charge on any atom is 0.293 e. The summed E-state index contributed by atoms with van der Waals surface area (Å²) in [5.41, 5.74) is 14.7. The number of nitrogens with two attached hydrogens (primary N) is 2. The van der Waals surface area contributed by atoms with Crippen molar-refractivity contribution in [1.82, 2.24) is 20.2 Å². The number of carbonyl (C=O) groups is 1. The number of pyridine rings is 2. The molecule has 3 heterocycles. The molecule has 5 aromatic rings. The molecule has 0 fully saturated rings. The molecule has 2 aromatic carbocycles. The molecule has 0 unspecified atom stereocenters. The van der Waals surface area contributed by atoms with Crippen molar-refractivity contribution < 1.29 is 4.79 Å². The van der Waals surface area contributed by atoms with Crippen molar-refractivity contribution >= 4 is 39.1 Å². The molecule has 0 aliphatic heterocycles. The van der Waals surface area contributed by atoms with E-state index in [2.05, 4.69) is 32.3 Å². The van der Waals surface area contributed by atoms with Crippen LogP contribution in [0.15, 0.2) is 71.8 Å². The highest BCUT2D eigenvalue weighted by Crippen LogP contribution is 2.33. The Kier molecular flexibility index (Phi) is 5.53. The molecule has 0 saturated heterocycles. The smallest absolute Gasteiger partial charge is 0.293 e. The fourth-order valence-corrected chi connectivity index (χ4v) is 3.87. The number of primary amides is 1. The number of aromatic nitrogens is 4. The topological polar surface area (TPSA) is 153 Å². The van der Waals surface area contributed by atoms with E-state index in [4.69, 9.17) is 16.5 Å². The quantitative estimate of drug-likeness (QED) is 0.182. The van der Waals surface area contributed by atoms with Crippen LogP contribution in [0.4, 0.5) is 11.5 Å². The largest absolute Gasteiger partial charge is 0.399 e. The Morgan fingerprint density at radius 3 is 2.69 bits per heavy atom. The van der Waals surface area contributed by atoms with Crippen molar-refractivity contribution in [3.63, 3.8) is 0 Å². The Morgan fingerprint density at radius 1 is 1.06 bits per heavy atom. The number of nitrogens with zero attached hydrogens (tertiary/aromatic N) is 3. The fraction of sp³-hybridized carbons (Fsp3) is 0.0385.